The number of sulfonamides is 1. The third-order valence-electron chi connectivity index (χ3n) is 3.31. The van der Waals surface area contributed by atoms with Gasteiger partial charge in [0.2, 0.25) is 5.91 Å². The molecule has 23 heavy (non-hydrogen) atoms. The molecule has 2 N–H and O–H groups in total. The lowest BCUT2D eigenvalue weighted by Gasteiger charge is -2.18. The van der Waals surface area contributed by atoms with E-state index in [1.165, 1.54) is 6.07 Å². The summed E-state index contributed by atoms with van der Waals surface area (Å²) in [4.78, 5) is 23.6. The van der Waals surface area contributed by atoms with Crippen molar-refractivity contribution in [2.75, 3.05) is 20.1 Å². The van der Waals surface area contributed by atoms with Gasteiger partial charge in [-0.3, -0.25) is 9.59 Å². The first-order chi connectivity index (χ1) is 10.8. The fraction of sp³-hybridized carbons (Fsp3) is 0.357. The Kier molecular flexibility index (Phi) is 4.99. The highest BCUT2D eigenvalue weighted by molar-refractivity contribution is 7.90. The Bertz CT molecular complexity index is 757. The highest BCUT2D eigenvalue weighted by Crippen LogP contribution is 2.26. The predicted octanol–water partition coefficient (Wildman–Crippen LogP) is 0.0483. The van der Waals surface area contributed by atoms with E-state index in [0.29, 0.717) is 24.4 Å². The van der Waals surface area contributed by atoms with Crippen molar-refractivity contribution in [3.63, 3.8) is 0 Å². The number of amides is 1. The van der Waals surface area contributed by atoms with Crippen molar-refractivity contribution in [1.29, 1.82) is 0 Å². The Morgan fingerprint density at radius 3 is 2.70 bits per heavy atom. The number of benzene rings is 1. The molecule has 0 fully saturated rings. The van der Waals surface area contributed by atoms with Crippen LogP contribution in [0.25, 0.3) is 0 Å². The highest BCUT2D eigenvalue weighted by atomic mass is 32.2. The van der Waals surface area contributed by atoms with E-state index >= 15 is 0 Å². The fourth-order valence-corrected chi connectivity index (χ4v) is 3.46. The largest absolute Gasteiger partial charge is 0.480 e. The normalized spacial score (nSPS) is 14.7. The Balaban J connectivity index is 1.94. The molecule has 0 unspecified atom stereocenters. The number of rotatable bonds is 6. The number of carboxylic acids is 1. The first-order valence-corrected chi connectivity index (χ1v) is 8.39. The zero-order valence-electron chi connectivity index (χ0n) is 12.5. The van der Waals surface area contributed by atoms with Gasteiger partial charge in [0.05, 0.1) is 0 Å². The van der Waals surface area contributed by atoms with Gasteiger partial charge in [-0.25, -0.2) is 0 Å². The number of hydrogen-bond donors (Lipinski definition) is 2. The molecule has 1 heterocycles. The molecule has 1 aromatic carbocycles. The van der Waals surface area contributed by atoms with E-state index in [9.17, 15) is 18.0 Å². The third-order valence-corrected chi connectivity index (χ3v) is 4.63. The Morgan fingerprint density at radius 1 is 1.30 bits per heavy atom. The summed E-state index contributed by atoms with van der Waals surface area (Å²) in [5, 5.41) is 10.7. The number of carbonyl (C=O) groups is 2. The van der Waals surface area contributed by atoms with Crippen LogP contribution in [-0.2, 0) is 19.6 Å². The average Bonchev–Trinajstić information content (AvgIpc) is 2.77. The minimum atomic E-state index is -3.66. The van der Waals surface area contributed by atoms with Crippen LogP contribution in [0, 0.1) is 0 Å². The van der Waals surface area contributed by atoms with Crippen LogP contribution in [0.15, 0.2) is 33.6 Å². The van der Waals surface area contributed by atoms with Crippen LogP contribution in [0.2, 0.25) is 0 Å². The molecule has 8 nitrogen and oxygen atoms in total. The Hall–Kier alpha value is -2.42. The minimum Gasteiger partial charge on any atom is -0.480 e. The van der Waals surface area contributed by atoms with Crippen LogP contribution < -0.4 is 5.32 Å². The first kappa shape index (κ1) is 16.9. The second kappa shape index (κ2) is 6.78. The van der Waals surface area contributed by atoms with Gasteiger partial charge >= 0.3 is 5.97 Å². The standard InChI is InChI=1S/C14H17N3O5S/c1-17(8-4-7-12(18)15-9-13(19)20)14-10-5-2-3-6-11(10)23(21,22)16-14/h2-3,5-6H,4,7-9H2,1H3,(H,15,18)(H,19,20). The summed E-state index contributed by atoms with van der Waals surface area (Å²) in [5.74, 6) is -1.11. The maximum absolute atomic E-state index is 12.0. The van der Waals surface area contributed by atoms with E-state index in [1.807, 2.05) is 0 Å². The van der Waals surface area contributed by atoms with Gasteiger partial charge in [-0.15, -0.1) is 4.40 Å². The molecule has 0 aliphatic carbocycles. The van der Waals surface area contributed by atoms with Gasteiger partial charge < -0.3 is 15.3 Å². The minimum absolute atomic E-state index is 0.152. The smallest absolute Gasteiger partial charge is 0.322 e. The molecular formula is C14H17N3O5S. The molecule has 0 bridgehead atoms. The number of nitrogens with zero attached hydrogens (tertiary/aromatic N) is 2. The van der Waals surface area contributed by atoms with E-state index in [2.05, 4.69) is 9.71 Å². The lowest BCUT2D eigenvalue weighted by atomic mass is 10.2. The van der Waals surface area contributed by atoms with Crippen LogP contribution in [-0.4, -0.2) is 56.3 Å². The molecule has 2 rings (SSSR count). The molecule has 1 aliphatic rings. The molecule has 1 aliphatic heterocycles. The van der Waals surface area contributed by atoms with E-state index < -0.39 is 22.5 Å². The topological polar surface area (TPSA) is 116 Å². The van der Waals surface area contributed by atoms with Crippen molar-refractivity contribution in [1.82, 2.24) is 10.2 Å². The molecule has 9 heteroatoms. The van der Waals surface area contributed by atoms with Gasteiger partial charge in [0, 0.05) is 25.6 Å². The summed E-state index contributed by atoms with van der Waals surface area (Å²) in [7, 11) is -1.96. The quantitative estimate of drug-likeness (QED) is 0.756. The van der Waals surface area contributed by atoms with Gasteiger partial charge in [-0.2, -0.15) is 8.42 Å². The van der Waals surface area contributed by atoms with E-state index in [-0.39, 0.29) is 17.2 Å². The average molecular weight is 339 g/mol. The Morgan fingerprint density at radius 2 is 2.00 bits per heavy atom. The lowest BCUT2D eigenvalue weighted by molar-refractivity contribution is -0.137. The van der Waals surface area contributed by atoms with Crippen LogP contribution in [0.1, 0.15) is 18.4 Å². The van der Waals surface area contributed by atoms with Crippen molar-refractivity contribution in [2.45, 2.75) is 17.7 Å². The van der Waals surface area contributed by atoms with Crippen LogP contribution in [0.3, 0.4) is 0 Å². The maximum Gasteiger partial charge on any atom is 0.322 e. The van der Waals surface area contributed by atoms with E-state index in [4.69, 9.17) is 5.11 Å². The van der Waals surface area contributed by atoms with Gasteiger partial charge in [0.1, 0.15) is 17.3 Å². The molecule has 0 spiro atoms. The van der Waals surface area contributed by atoms with Crippen molar-refractivity contribution >= 4 is 27.7 Å². The van der Waals surface area contributed by atoms with Crippen LogP contribution >= 0.6 is 0 Å². The zero-order chi connectivity index (χ0) is 17.0. The number of nitrogens with one attached hydrogen (secondary N) is 1. The zero-order valence-corrected chi connectivity index (χ0v) is 13.3. The first-order valence-electron chi connectivity index (χ1n) is 6.95. The second-order valence-corrected chi connectivity index (χ2v) is 6.65. The highest BCUT2D eigenvalue weighted by Gasteiger charge is 2.30. The van der Waals surface area contributed by atoms with Crippen LogP contribution in [0.4, 0.5) is 0 Å². The van der Waals surface area contributed by atoms with Gasteiger partial charge in [0.25, 0.3) is 10.0 Å². The summed E-state index contributed by atoms with van der Waals surface area (Å²) in [6.07, 6.45) is 0.600. The number of aliphatic carboxylic acids is 1. The summed E-state index contributed by atoms with van der Waals surface area (Å²) < 4.78 is 27.7. The number of amidine groups is 1. The fourth-order valence-electron chi connectivity index (χ4n) is 2.21. The summed E-state index contributed by atoms with van der Waals surface area (Å²) >= 11 is 0. The molecule has 0 saturated carbocycles. The second-order valence-electron chi connectivity index (χ2n) is 5.08. The third kappa shape index (κ3) is 4.07. The number of carbonyl (C=O) groups excluding carboxylic acids is 1. The van der Waals surface area contributed by atoms with Gasteiger partial charge in [0.15, 0.2) is 0 Å². The van der Waals surface area contributed by atoms with Crippen LogP contribution in [0.5, 0.6) is 0 Å². The lowest BCUT2D eigenvalue weighted by Crippen LogP contribution is -2.31. The van der Waals surface area contributed by atoms with Crippen molar-refractivity contribution < 1.29 is 23.1 Å². The van der Waals surface area contributed by atoms with Gasteiger partial charge in [-0.1, -0.05) is 12.1 Å². The van der Waals surface area contributed by atoms with Gasteiger partial charge in [-0.05, 0) is 18.6 Å². The molecule has 1 aromatic rings. The molecule has 0 aromatic heterocycles. The summed E-state index contributed by atoms with van der Waals surface area (Å²) in [5.41, 5.74) is 0.547. The molecule has 0 saturated heterocycles. The SMILES string of the molecule is CN(CCCC(=O)NCC(=O)O)C1=NS(=O)(=O)c2ccccc21. The summed E-state index contributed by atoms with van der Waals surface area (Å²) in [6, 6.07) is 6.58. The number of fused-ring (bicyclic) bond motifs is 1. The Labute approximate surface area is 133 Å². The van der Waals surface area contributed by atoms with Crippen molar-refractivity contribution in [2.24, 2.45) is 4.40 Å². The molecule has 124 valence electrons. The maximum atomic E-state index is 12.0. The monoisotopic (exact) mass is 339 g/mol. The molecule has 0 radical (unpaired) electrons. The number of hydrogen-bond acceptors (Lipinski definition) is 5. The molecule has 1 amide bonds. The number of carboxylic acid groups (broad SMARTS) is 1. The molecular weight excluding hydrogens is 322 g/mol. The summed E-state index contributed by atoms with van der Waals surface area (Å²) in [6.45, 7) is 0.0101. The van der Waals surface area contributed by atoms with E-state index in [1.54, 1.807) is 30.1 Å². The van der Waals surface area contributed by atoms with Crippen molar-refractivity contribution in [3.8, 4) is 0 Å². The predicted molar refractivity (Wildman–Crippen MR) is 82.7 cm³/mol. The van der Waals surface area contributed by atoms with E-state index in [0.717, 1.165) is 0 Å². The van der Waals surface area contributed by atoms with Crippen molar-refractivity contribution in [3.05, 3.63) is 29.8 Å². The molecule has 0 atom stereocenters.